The average Bonchev–Trinajstić information content (AvgIpc) is 2.48. The summed E-state index contributed by atoms with van der Waals surface area (Å²) >= 11 is 6.24. The highest BCUT2D eigenvalue weighted by molar-refractivity contribution is 6.31. The lowest BCUT2D eigenvalue weighted by molar-refractivity contribution is -0.139. The van der Waals surface area contributed by atoms with Gasteiger partial charge in [0.15, 0.2) is 0 Å². The normalized spacial score (nSPS) is 18.9. The van der Waals surface area contributed by atoms with Gasteiger partial charge in [0, 0.05) is 24.7 Å². The molecule has 1 aliphatic heterocycles. The van der Waals surface area contributed by atoms with E-state index in [-0.39, 0.29) is 18.6 Å². The summed E-state index contributed by atoms with van der Waals surface area (Å²) in [5.41, 5.74) is 0.971. The Balaban J connectivity index is 2.11. The van der Waals surface area contributed by atoms with Crippen molar-refractivity contribution in [3.63, 3.8) is 0 Å². The van der Waals surface area contributed by atoms with Crippen LogP contribution in [0.2, 0.25) is 5.02 Å². The zero-order valence-corrected chi connectivity index (χ0v) is 12.1. The van der Waals surface area contributed by atoms with Crippen molar-refractivity contribution in [1.29, 1.82) is 0 Å². The first-order valence-corrected chi connectivity index (χ1v) is 7.05. The van der Waals surface area contributed by atoms with Crippen molar-refractivity contribution in [2.45, 2.75) is 6.04 Å². The van der Waals surface area contributed by atoms with Crippen LogP contribution in [0, 0.1) is 0 Å². The predicted octanol–water partition coefficient (Wildman–Crippen LogP) is 2.02. The molecule has 0 spiro atoms. The summed E-state index contributed by atoms with van der Waals surface area (Å²) in [6.07, 6.45) is 1.64. The van der Waals surface area contributed by atoms with E-state index in [1.165, 1.54) is 0 Å². The van der Waals surface area contributed by atoms with E-state index in [4.69, 9.17) is 16.3 Å². The lowest BCUT2D eigenvalue weighted by Crippen LogP contribution is -2.49. The molecule has 1 atom stereocenters. The minimum atomic E-state index is -0.0442. The van der Waals surface area contributed by atoms with E-state index in [0.29, 0.717) is 24.7 Å². The van der Waals surface area contributed by atoms with Crippen molar-refractivity contribution in [2.24, 2.45) is 0 Å². The molecule has 1 aliphatic rings. The van der Waals surface area contributed by atoms with E-state index < -0.39 is 0 Å². The summed E-state index contributed by atoms with van der Waals surface area (Å²) in [5.74, 6) is -0.0155. The number of nitrogens with zero attached hydrogens (tertiary/aromatic N) is 1. The van der Waals surface area contributed by atoms with Crippen LogP contribution >= 0.6 is 11.6 Å². The summed E-state index contributed by atoms with van der Waals surface area (Å²) in [6, 6.07) is 7.60. The van der Waals surface area contributed by atoms with Crippen LogP contribution in [-0.4, -0.2) is 43.7 Å². The number of ether oxygens (including phenoxy) is 1. The van der Waals surface area contributed by atoms with Gasteiger partial charge < -0.3 is 15.0 Å². The molecule has 1 aromatic rings. The number of carbonyl (C=O) groups is 1. The summed E-state index contributed by atoms with van der Waals surface area (Å²) < 4.78 is 5.25. The highest BCUT2D eigenvalue weighted by Crippen LogP contribution is 2.28. The summed E-state index contributed by atoms with van der Waals surface area (Å²) in [5, 5.41) is 3.99. The number of hydrogen-bond acceptors (Lipinski definition) is 3. The molecule has 1 N–H and O–H groups in total. The van der Waals surface area contributed by atoms with Crippen molar-refractivity contribution in [2.75, 3.05) is 32.8 Å². The van der Waals surface area contributed by atoms with Crippen LogP contribution in [0.25, 0.3) is 0 Å². The zero-order valence-electron chi connectivity index (χ0n) is 11.3. The van der Waals surface area contributed by atoms with Gasteiger partial charge >= 0.3 is 0 Å². The zero-order chi connectivity index (χ0) is 14.4. The third-order valence-electron chi connectivity index (χ3n) is 3.29. The molecule has 1 amide bonds. The van der Waals surface area contributed by atoms with Crippen LogP contribution in [0.5, 0.6) is 0 Å². The first-order chi connectivity index (χ1) is 9.74. The molecule has 4 nitrogen and oxygen atoms in total. The average molecular weight is 295 g/mol. The molecular formula is C15H19ClN2O2. The van der Waals surface area contributed by atoms with Gasteiger partial charge in [-0.2, -0.15) is 0 Å². The molecule has 1 unspecified atom stereocenters. The minimum Gasteiger partial charge on any atom is -0.368 e. The monoisotopic (exact) mass is 294 g/mol. The van der Waals surface area contributed by atoms with Gasteiger partial charge in [0.2, 0.25) is 5.91 Å². The van der Waals surface area contributed by atoms with E-state index in [9.17, 15) is 4.79 Å². The van der Waals surface area contributed by atoms with Crippen molar-refractivity contribution >= 4 is 17.5 Å². The second kappa shape index (κ2) is 7.43. The van der Waals surface area contributed by atoms with E-state index in [0.717, 1.165) is 12.1 Å². The number of piperazine rings is 1. The molecule has 0 bridgehead atoms. The quantitative estimate of drug-likeness (QED) is 0.667. The molecular weight excluding hydrogens is 276 g/mol. The van der Waals surface area contributed by atoms with Crippen molar-refractivity contribution < 1.29 is 9.53 Å². The Morgan fingerprint density at radius 2 is 2.35 bits per heavy atom. The fourth-order valence-electron chi connectivity index (χ4n) is 2.34. The summed E-state index contributed by atoms with van der Waals surface area (Å²) in [6.45, 7) is 6.18. The van der Waals surface area contributed by atoms with Gasteiger partial charge in [-0.15, -0.1) is 6.58 Å². The molecule has 1 aromatic carbocycles. The Kier molecular flexibility index (Phi) is 5.59. The van der Waals surface area contributed by atoms with Gasteiger partial charge in [-0.1, -0.05) is 35.9 Å². The van der Waals surface area contributed by atoms with Crippen LogP contribution in [0.3, 0.4) is 0 Å². The third-order valence-corrected chi connectivity index (χ3v) is 3.63. The van der Waals surface area contributed by atoms with Crippen LogP contribution in [-0.2, 0) is 9.53 Å². The molecule has 0 saturated carbocycles. The van der Waals surface area contributed by atoms with Crippen molar-refractivity contribution in [1.82, 2.24) is 10.2 Å². The SMILES string of the molecule is C=CCOCC(=O)N1CCNCC1c1ccccc1Cl. The van der Waals surface area contributed by atoms with Crippen LogP contribution in [0.1, 0.15) is 11.6 Å². The van der Waals surface area contributed by atoms with Crippen LogP contribution in [0.4, 0.5) is 0 Å². The van der Waals surface area contributed by atoms with Gasteiger partial charge in [0.05, 0.1) is 12.6 Å². The molecule has 0 aliphatic carbocycles. The van der Waals surface area contributed by atoms with Crippen molar-refractivity contribution in [3.8, 4) is 0 Å². The molecule has 20 heavy (non-hydrogen) atoms. The maximum absolute atomic E-state index is 12.3. The Labute approximate surface area is 124 Å². The maximum atomic E-state index is 12.3. The number of rotatable bonds is 5. The summed E-state index contributed by atoms with van der Waals surface area (Å²) in [7, 11) is 0. The molecule has 5 heteroatoms. The number of nitrogens with one attached hydrogen (secondary N) is 1. The van der Waals surface area contributed by atoms with Crippen LogP contribution in [0.15, 0.2) is 36.9 Å². The van der Waals surface area contributed by atoms with Gasteiger partial charge in [0.25, 0.3) is 0 Å². The maximum Gasteiger partial charge on any atom is 0.249 e. The largest absolute Gasteiger partial charge is 0.368 e. The number of amides is 1. The Morgan fingerprint density at radius 1 is 1.55 bits per heavy atom. The third kappa shape index (κ3) is 3.60. The lowest BCUT2D eigenvalue weighted by Gasteiger charge is -2.36. The Morgan fingerprint density at radius 3 is 3.10 bits per heavy atom. The lowest BCUT2D eigenvalue weighted by atomic mass is 10.0. The number of benzene rings is 1. The first-order valence-electron chi connectivity index (χ1n) is 6.67. The van der Waals surface area contributed by atoms with E-state index >= 15 is 0 Å². The first kappa shape index (κ1) is 15.0. The number of halogens is 1. The molecule has 1 fully saturated rings. The number of carbonyl (C=O) groups excluding carboxylic acids is 1. The fraction of sp³-hybridized carbons (Fsp3) is 0.400. The highest BCUT2D eigenvalue weighted by Gasteiger charge is 2.28. The molecule has 2 rings (SSSR count). The van der Waals surface area contributed by atoms with Gasteiger partial charge in [-0.25, -0.2) is 0 Å². The second-order valence-corrected chi connectivity index (χ2v) is 5.04. The minimum absolute atomic E-state index is 0.0155. The molecule has 108 valence electrons. The van der Waals surface area contributed by atoms with Gasteiger partial charge in [-0.05, 0) is 11.6 Å². The van der Waals surface area contributed by atoms with Gasteiger partial charge in [0.1, 0.15) is 6.61 Å². The molecule has 0 radical (unpaired) electrons. The van der Waals surface area contributed by atoms with E-state index in [1.54, 1.807) is 6.08 Å². The van der Waals surface area contributed by atoms with Crippen molar-refractivity contribution in [3.05, 3.63) is 47.5 Å². The number of hydrogen-bond donors (Lipinski definition) is 1. The predicted molar refractivity (Wildman–Crippen MR) is 79.8 cm³/mol. The standard InChI is InChI=1S/C15H19ClN2O2/c1-2-9-20-11-15(19)18-8-7-17-10-14(18)12-5-3-4-6-13(12)16/h2-6,14,17H,1,7-11H2. The van der Waals surface area contributed by atoms with Gasteiger partial charge in [-0.3, -0.25) is 4.79 Å². The molecule has 1 heterocycles. The summed E-state index contributed by atoms with van der Waals surface area (Å²) in [4.78, 5) is 14.1. The molecule has 0 aromatic heterocycles. The topological polar surface area (TPSA) is 41.6 Å². The Bertz CT molecular complexity index is 479. The Hall–Kier alpha value is -1.36. The fourth-order valence-corrected chi connectivity index (χ4v) is 2.60. The van der Waals surface area contributed by atoms with E-state index in [1.807, 2.05) is 29.2 Å². The second-order valence-electron chi connectivity index (χ2n) is 4.63. The van der Waals surface area contributed by atoms with E-state index in [2.05, 4.69) is 11.9 Å². The van der Waals surface area contributed by atoms with Crippen LogP contribution < -0.4 is 5.32 Å². The highest BCUT2D eigenvalue weighted by atomic mass is 35.5. The smallest absolute Gasteiger partial charge is 0.249 e. The molecule has 1 saturated heterocycles.